The monoisotopic (exact) mass is 270 g/mol. The molecule has 1 N–H and O–H groups in total. The minimum Gasteiger partial charge on any atom is -0.314 e. The van der Waals surface area contributed by atoms with Crippen LogP contribution >= 0.6 is 21.6 Å². The molecular formula is C13H22N2S2. The molecule has 1 atom stereocenters. The Bertz CT molecular complexity index is 314. The second-order valence-corrected chi connectivity index (χ2v) is 7.61. The molecule has 0 radical (unpaired) electrons. The molecule has 4 heteroatoms. The van der Waals surface area contributed by atoms with Gasteiger partial charge in [-0.3, -0.25) is 0 Å². The zero-order valence-electron chi connectivity index (χ0n) is 11.1. The lowest BCUT2D eigenvalue weighted by Gasteiger charge is -2.27. The van der Waals surface area contributed by atoms with Crippen LogP contribution in [0.5, 0.6) is 0 Å². The lowest BCUT2D eigenvalue weighted by Crippen LogP contribution is -2.32. The normalized spacial score (nSPS) is 13.6. The first-order valence-corrected chi connectivity index (χ1v) is 8.18. The van der Waals surface area contributed by atoms with Crippen LogP contribution in [0.3, 0.4) is 0 Å². The van der Waals surface area contributed by atoms with Crippen LogP contribution in [0, 0.1) is 0 Å². The molecule has 1 heterocycles. The van der Waals surface area contributed by atoms with Gasteiger partial charge >= 0.3 is 0 Å². The Labute approximate surface area is 113 Å². The Morgan fingerprint density at radius 1 is 1.41 bits per heavy atom. The summed E-state index contributed by atoms with van der Waals surface area (Å²) >= 11 is 0. The first-order valence-electron chi connectivity index (χ1n) is 6.03. The van der Waals surface area contributed by atoms with E-state index in [0.29, 0.717) is 6.04 Å². The first kappa shape index (κ1) is 14.9. The average Bonchev–Trinajstić information content (AvgIpc) is 2.27. The zero-order chi connectivity index (χ0) is 12.7. The number of rotatable bonds is 7. The van der Waals surface area contributed by atoms with Crippen molar-refractivity contribution in [2.24, 2.45) is 0 Å². The van der Waals surface area contributed by atoms with Gasteiger partial charge in [0.2, 0.25) is 0 Å². The van der Waals surface area contributed by atoms with E-state index in [1.165, 1.54) is 0 Å². The van der Waals surface area contributed by atoms with E-state index in [0.717, 1.165) is 18.0 Å². The number of hydrogen-bond donors (Lipinski definition) is 1. The molecule has 0 aliphatic carbocycles. The van der Waals surface area contributed by atoms with Crippen molar-refractivity contribution in [2.45, 2.75) is 49.9 Å². The van der Waals surface area contributed by atoms with Crippen LogP contribution in [0.15, 0.2) is 29.4 Å². The van der Waals surface area contributed by atoms with Crippen LogP contribution in [0.1, 0.15) is 34.1 Å². The first-order chi connectivity index (χ1) is 8.03. The molecule has 1 unspecified atom stereocenters. The number of aromatic nitrogens is 1. The molecule has 1 aromatic heterocycles. The summed E-state index contributed by atoms with van der Waals surface area (Å²) in [4.78, 5) is 4.32. The highest BCUT2D eigenvalue weighted by molar-refractivity contribution is 8.77. The fraction of sp³-hybridized carbons (Fsp3) is 0.615. The standard InChI is InChI=1S/C13H22N2S2/c1-5-14-11(2)10-13(3,4)17-16-12-8-6-7-9-15-12/h6-9,11,14H,5,10H2,1-4H3. The van der Waals surface area contributed by atoms with Crippen LogP contribution in [-0.2, 0) is 0 Å². The van der Waals surface area contributed by atoms with Crippen molar-refractivity contribution < 1.29 is 0 Å². The van der Waals surface area contributed by atoms with Gasteiger partial charge in [-0.15, -0.1) is 0 Å². The Kier molecular flexibility index (Phi) is 6.38. The third kappa shape index (κ3) is 6.34. The number of nitrogens with one attached hydrogen (secondary N) is 1. The van der Waals surface area contributed by atoms with Gasteiger partial charge in [0.05, 0.1) is 0 Å². The summed E-state index contributed by atoms with van der Waals surface area (Å²) in [5.74, 6) is 0. The highest BCUT2D eigenvalue weighted by Crippen LogP contribution is 2.42. The van der Waals surface area contributed by atoms with E-state index in [2.05, 4.69) is 44.1 Å². The topological polar surface area (TPSA) is 24.9 Å². The van der Waals surface area contributed by atoms with Gasteiger partial charge in [-0.05, 0) is 56.7 Å². The molecule has 0 fully saturated rings. The van der Waals surface area contributed by atoms with Crippen LogP contribution in [0.4, 0.5) is 0 Å². The molecule has 2 nitrogen and oxygen atoms in total. The van der Waals surface area contributed by atoms with Gasteiger partial charge in [-0.25, -0.2) is 4.98 Å². The molecule has 0 aliphatic rings. The van der Waals surface area contributed by atoms with E-state index in [1.54, 1.807) is 10.8 Å². The molecule has 0 aromatic carbocycles. The van der Waals surface area contributed by atoms with Crippen molar-refractivity contribution >= 4 is 21.6 Å². The van der Waals surface area contributed by atoms with Gasteiger partial charge in [0, 0.05) is 17.0 Å². The van der Waals surface area contributed by atoms with Gasteiger partial charge in [0.1, 0.15) is 5.03 Å². The maximum atomic E-state index is 4.32. The van der Waals surface area contributed by atoms with Gasteiger partial charge in [0.15, 0.2) is 0 Å². The summed E-state index contributed by atoms with van der Waals surface area (Å²) < 4.78 is 0.254. The molecule has 0 saturated heterocycles. The van der Waals surface area contributed by atoms with Crippen molar-refractivity contribution in [1.82, 2.24) is 10.3 Å². The van der Waals surface area contributed by atoms with Crippen LogP contribution < -0.4 is 5.32 Å². The largest absolute Gasteiger partial charge is 0.314 e. The summed E-state index contributed by atoms with van der Waals surface area (Å²) in [6, 6.07) is 6.60. The van der Waals surface area contributed by atoms with E-state index < -0.39 is 0 Å². The molecule has 0 aliphatic heterocycles. The van der Waals surface area contributed by atoms with Crippen molar-refractivity contribution in [3.63, 3.8) is 0 Å². The lowest BCUT2D eigenvalue weighted by molar-refractivity contribution is 0.478. The minimum atomic E-state index is 0.254. The molecule has 0 saturated carbocycles. The molecule has 0 amide bonds. The summed E-state index contributed by atoms with van der Waals surface area (Å²) in [7, 11) is 3.67. The third-order valence-corrected chi connectivity index (χ3v) is 5.57. The smallest absolute Gasteiger partial charge is 0.106 e. The number of hydrogen-bond acceptors (Lipinski definition) is 4. The Morgan fingerprint density at radius 3 is 2.76 bits per heavy atom. The Morgan fingerprint density at radius 2 is 2.18 bits per heavy atom. The number of pyridine rings is 1. The maximum absolute atomic E-state index is 4.32. The van der Waals surface area contributed by atoms with Gasteiger partial charge in [-0.1, -0.05) is 23.8 Å². The molecule has 96 valence electrons. The van der Waals surface area contributed by atoms with Crippen molar-refractivity contribution in [3.05, 3.63) is 24.4 Å². The van der Waals surface area contributed by atoms with Crippen molar-refractivity contribution in [3.8, 4) is 0 Å². The van der Waals surface area contributed by atoms with E-state index in [4.69, 9.17) is 0 Å². The molecular weight excluding hydrogens is 248 g/mol. The summed E-state index contributed by atoms with van der Waals surface area (Å²) in [5, 5.41) is 4.55. The van der Waals surface area contributed by atoms with Gasteiger partial charge in [0.25, 0.3) is 0 Å². The molecule has 1 rings (SSSR count). The van der Waals surface area contributed by atoms with E-state index in [9.17, 15) is 0 Å². The zero-order valence-corrected chi connectivity index (χ0v) is 12.7. The average molecular weight is 270 g/mol. The molecule has 17 heavy (non-hydrogen) atoms. The van der Waals surface area contributed by atoms with Crippen LogP contribution in [0.2, 0.25) is 0 Å². The van der Waals surface area contributed by atoms with Crippen LogP contribution in [0.25, 0.3) is 0 Å². The van der Waals surface area contributed by atoms with E-state index in [1.807, 2.05) is 29.1 Å². The summed E-state index contributed by atoms with van der Waals surface area (Å²) in [5.41, 5.74) is 0. The van der Waals surface area contributed by atoms with Gasteiger partial charge < -0.3 is 5.32 Å². The highest BCUT2D eigenvalue weighted by Gasteiger charge is 2.22. The molecule has 1 aromatic rings. The SMILES string of the molecule is CCNC(C)CC(C)(C)SSc1ccccn1. The third-order valence-electron chi connectivity index (χ3n) is 2.34. The fourth-order valence-electron chi connectivity index (χ4n) is 1.74. The maximum Gasteiger partial charge on any atom is 0.106 e. The molecule has 0 bridgehead atoms. The van der Waals surface area contributed by atoms with E-state index in [-0.39, 0.29) is 4.75 Å². The van der Waals surface area contributed by atoms with Gasteiger partial charge in [-0.2, -0.15) is 0 Å². The lowest BCUT2D eigenvalue weighted by atomic mass is 10.0. The van der Waals surface area contributed by atoms with Crippen molar-refractivity contribution in [1.29, 1.82) is 0 Å². The van der Waals surface area contributed by atoms with Crippen molar-refractivity contribution in [2.75, 3.05) is 6.54 Å². The second-order valence-electron chi connectivity index (χ2n) is 4.76. The summed E-state index contributed by atoms with van der Waals surface area (Å²) in [6.07, 6.45) is 3.00. The Hall–Kier alpha value is -0.190. The van der Waals surface area contributed by atoms with Crippen LogP contribution in [-0.4, -0.2) is 22.3 Å². The quantitative estimate of drug-likeness (QED) is 0.757. The second kappa shape index (κ2) is 7.29. The minimum absolute atomic E-state index is 0.254. The highest BCUT2D eigenvalue weighted by atomic mass is 33.1. The fourth-order valence-corrected chi connectivity index (χ4v) is 4.04. The predicted octanol–water partition coefficient (Wildman–Crippen LogP) is 3.99. The molecule has 0 spiro atoms. The Balaban J connectivity index is 2.39. The predicted molar refractivity (Wildman–Crippen MR) is 79.5 cm³/mol. The van der Waals surface area contributed by atoms with E-state index >= 15 is 0 Å². The number of nitrogens with zero attached hydrogens (tertiary/aromatic N) is 1. The summed E-state index contributed by atoms with van der Waals surface area (Å²) in [6.45, 7) is 10.0.